The molecule has 0 unspecified atom stereocenters. The summed E-state index contributed by atoms with van der Waals surface area (Å²) in [7, 11) is -12.5. The molecule has 0 saturated carbocycles. The van der Waals surface area contributed by atoms with Crippen LogP contribution < -0.4 is 0 Å². The Bertz CT molecular complexity index is 566. The van der Waals surface area contributed by atoms with Crippen LogP contribution in [0.5, 0.6) is 0 Å². The molecular weight excluding hydrogens is 330 g/mol. The topological polar surface area (TPSA) is 91.8 Å². The third-order valence-corrected chi connectivity index (χ3v) is 6.05. The Morgan fingerprint density at radius 3 is 1.75 bits per heavy atom. The molecule has 20 heavy (non-hydrogen) atoms. The minimum Gasteiger partial charge on any atom is -0.281 e. The predicted octanol–water partition coefficient (Wildman–Crippen LogP) is 1.12. The molecule has 1 aliphatic rings. The lowest BCUT2D eigenvalue weighted by Crippen LogP contribution is -2.57. The molecule has 0 amide bonds. The first-order valence-corrected chi connectivity index (χ1v) is 8.35. The molecule has 0 atom stereocenters. The van der Waals surface area contributed by atoms with Crippen LogP contribution in [-0.4, -0.2) is 49.3 Å². The van der Waals surface area contributed by atoms with Gasteiger partial charge in [0.2, 0.25) is 0 Å². The van der Waals surface area contributed by atoms with E-state index >= 15 is 0 Å². The summed E-state index contributed by atoms with van der Waals surface area (Å²) in [6.07, 6.45) is 0.375. The molecule has 0 radical (unpaired) electrons. The first-order chi connectivity index (χ1) is 8.75. The number of alkyl halides is 4. The lowest BCUT2D eigenvalue weighted by Gasteiger charge is -2.33. The number of hydrogen-bond donors (Lipinski definition) is 1. The van der Waals surface area contributed by atoms with Gasteiger partial charge in [0.05, 0.1) is 0 Å². The van der Waals surface area contributed by atoms with Gasteiger partial charge in [-0.25, -0.2) is 8.42 Å². The van der Waals surface area contributed by atoms with E-state index in [4.69, 9.17) is 4.55 Å². The van der Waals surface area contributed by atoms with Crippen LogP contribution >= 0.6 is 0 Å². The van der Waals surface area contributed by atoms with Crippen LogP contribution in [0.15, 0.2) is 0 Å². The largest absolute Gasteiger partial charge is 0.448 e. The summed E-state index contributed by atoms with van der Waals surface area (Å²) in [5.74, 6) is 0.0390. The summed E-state index contributed by atoms with van der Waals surface area (Å²) in [5, 5.41) is -12.1. The zero-order chi connectivity index (χ0) is 16.0. The van der Waals surface area contributed by atoms with E-state index in [1.165, 1.54) is 0 Å². The second kappa shape index (κ2) is 5.07. The van der Waals surface area contributed by atoms with Crippen molar-refractivity contribution in [2.45, 2.75) is 30.3 Å². The molecule has 0 aromatic heterocycles. The van der Waals surface area contributed by atoms with E-state index in [1.54, 1.807) is 6.92 Å². The molecule has 1 fully saturated rings. The smallest absolute Gasteiger partial charge is 0.281 e. The van der Waals surface area contributed by atoms with E-state index in [-0.39, 0.29) is 23.1 Å². The number of halogens is 4. The molecular formula is C8H13F4NO5S2. The predicted molar refractivity (Wildman–Crippen MR) is 60.3 cm³/mol. The van der Waals surface area contributed by atoms with Crippen molar-refractivity contribution in [2.75, 3.05) is 13.1 Å². The molecule has 1 aliphatic heterocycles. The van der Waals surface area contributed by atoms with Gasteiger partial charge in [-0.2, -0.15) is 30.3 Å². The monoisotopic (exact) mass is 343 g/mol. The molecule has 0 aromatic carbocycles. The van der Waals surface area contributed by atoms with Crippen molar-refractivity contribution < 1.29 is 39.0 Å². The molecule has 1 rings (SSSR count). The van der Waals surface area contributed by atoms with Crippen molar-refractivity contribution in [3.8, 4) is 0 Å². The van der Waals surface area contributed by atoms with Gasteiger partial charge in [-0.05, 0) is 18.8 Å². The van der Waals surface area contributed by atoms with Crippen LogP contribution in [0.1, 0.15) is 19.8 Å². The minimum atomic E-state index is -6.58. The molecule has 0 aromatic rings. The molecule has 1 heterocycles. The van der Waals surface area contributed by atoms with E-state index in [0.717, 1.165) is 0 Å². The molecule has 120 valence electrons. The molecule has 6 nitrogen and oxygen atoms in total. The van der Waals surface area contributed by atoms with Gasteiger partial charge in [0.1, 0.15) is 0 Å². The average Bonchev–Trinajstić information content (AvgIpc) is 2.27. The Balaban J connectivity index is 3.20. The highest BCUT2D eigenvalue weighted by atomic mass is 32.2. The summed E-state index contributed by atoms with van der Waals surface area (Å²) < 4.78 is 105. The molecule has 0 aliphatic carbocycles. The van der Waals surface area contributed by atoms with Crippen molar-refractivity contribution in [1.82, 2.24) is 4.31 Å². The first kappa shape index (κ1) is 17.6. The van der Waals surface area contributed by atoms with Gasteiger partial charge in [-0.3, -0.25) is 4.55 Å². The van der Waals surface area contributed by atoms with Crippen molar-refractivity contribution in [3.63, 3.8) is 0 Å². The van der Waals surface area contributed by atoms with E-state index < -0.39 is 43.7 Å². The van der Waals surface area contributed by atoms with Crippen molar-refractivity contribution in [2.24, 2.45) is 5.92 Å². The van der Waals surface area contributed by atoms with Gasteiger partial charge >= 0.3 is 20.6 Å². The summed E-state index contributed by atoms with van der Waals surface area (Å²) in [6, 6.07) is 0. The van der Waals surface area contributed by atoms with Gasteiger partial charge in [-0.15, -0.1) is 0 Å². The third kappa shape index (κ3) is 2.65. The summed E-state index contributed by atoms with van der Waals surface area (Å²) >= 11 is 0. The highest BCUT2D eigenvalue weighted by Crippen LogP contribution is 2.44. The molecule has 12 heteroatoms. The van der Waals surface area contributed by atoms with Crippen LogP contribution in [0.25, 0.3) is 0 Å². The van der Waals surface area contributed by atoms with Crippen molar-refractivity contribution >= 4 is 20.1 Å². The standard InChI is InChI=1S/C8H13F4NO5S2/c1-6-2-4-13(5-3-6)19(14,15)7(9,10)8(11,12)20(16,17)18/h6H,2-5H2,1H3,(H,16,17,18). The zero-order valence-corrected chi connectivity index (χ0v) is 11.9. The maximum absolute atomic E-state index is 13.4. The normalized spacial score (nSPS) is 21.1. The van der Waals surface area contributed by atoms with E-state index in [9.17, 15) is 34.4 Å². The van der Waals surface area contributed by atoms with Crippen LogP contribution in [0.2, 0.25) is 0 Å². The second-order valence-corrected chi connectivity index (χ2v) is 8.04. The maximum atomic E-state index is 13.4. The van der Waals surface area contributed by atoms with Crippen molar-refractivity contribution in [3.05, 3.63) is 0 Å². The van der Waals surface area contributed by atoms with Gasteiger partial charge in [0, 0.05) is 13.1 Å². The lowest BCUT2D eigenvalue weighted by atomic mass is 10.0. The third-order valence-electron chi connectivity index (χ3n) is 3.07. The molecule has 0 bridgehead atoms. The Labute approximate surface area is 113 Å². The van der Waals surface area contributed by atoms with Crippen molar-refractivity contribution in [1.29, 1.82) is 0 Å². The number of nitrogens with zero attached hydrogens (tertiary/aromatic N) is 1. The zero-order valence-electron chi connectivity index (χ0n) is 10.3. The number of hydrogen-bond acceptors (Lipinski definition) is 4. The fourth-order valence-corrected chi connectivity index (χ4v) is 3.94. The quantitative estimate of drug-likeness (QED) is 0.610. The average molecular weight is 343 g/mol. The minimum absolute atomic E-state index is 0.0390. The van der Waals surface area contributed by atoms with Gasteiger partial charge in [-0.1, -0.05) is 6.92 Å². The second-order valence-electron chi connectivity index (χ2n) is 4.60. The molecule has 1 N–H and O–H groups in total. The Hall–Kier alpha value is -0.460. The summed E-state index contributed by atoms with van der Waals surface area (Å²) in [6.45, 7) is 0.899. The van der Waals surface area contributed by atoms with Crippen LogP contribution in [0, 0.1) is 5.92 Å². The Kier molecular flexibility index (Phi) is 4.46. The SMILES string of the molecule is CC1CCN(S(=O)(=O)C(F)(F)C(F)(F)S(=O)(=O)O)CC1. The molecule has 0 spiro atoms. The van der Waals surface area contributed by atoms with Gasteiger partial charge < -0.3 is 0 Å². The van der Waals surface area contributed by atoms with Crippen LogP contribution in [0.3, 0.4) is 0 Å². The van der Waals surface area contributed by atoms with Crippen LogP contribution in [-0.2, 0) is 20.1 Å². The first-order valence-electron chi connectivity index (χ1n) is 5.47. The molecule has 1 saturated heterocycles. The number of rotatable bonds is 4. The van der Waals surface area contributed by atoms with Crippen LogP contribution in [0.4, 0.5) is 17.6 Å². The fourth-order valence-electron chi connectivity index (χ4n) is 1.69. The lowest BCUT2D eigenvalue weighted by molar-refractivity contribution is -0.104. The summed E-state index contributed by atoms with van der Waals surface area (Å²) in [5.41, 5.74) is 0. The van der Waals surface area contributed by atoms with E-state index in [0.29, 0.717) is 0 Å². The van der Waals surface area contributed by atoms with E-state index in [2.05, 4.69) is 0 Å². The highest BCUT2D eigenvalue weighted by Gasteiger charge is 2.74. The van der Waals surface area contributed by atoms with E-state index in [1.807, 2.05) is 0 Å². The maximum Gasteiger partial charge on any atom is 0.448 e. The Morgan fingerprint density at radius 2 is 1.40 bits per heavy atom. The Morgan fingerprint density at radius 1 is 1.00 bits per heavy atom. The van der Waals surface area contributed by atoms with Gasteiger partial charge in [0.25, 0.3) is 10.0 Å². The number of piperidine rings is 1. The highest BCUT2D eigenvalue weighted by molar-refractivity contribution is 7.93. The number of sulfonamides is 1. The summed E-state index contributed by atoms with van der Waals surface area (Å²) in [4.78, 5) is 0. The fraction of sp³-hybridized carbons (Fsp3) is 1.00. The van der Waals surface area contributed by atoms with Gasteiger partial charge in [0.15, 0.2) is 0 Å².